The number of carbonyl (C=O) groups is 1. The molecule has 4 rings (SSSR count). The predicted octanol–water partition coefficient (Wildman–Crippen LogP) is 6.25. The monoisotopic (exact) mass is 475 g/mol. The van der Waals surface area contributed by atoms with Crippen molar-refractivity contribution >= 4 is 28.4 Å². The number of nitrogens with one attached hydrogen (secondary N) is 1. The molecule has 1 atom stereocenters. The number of halogens is 4. The Kier molecular flexibility index (Phi) is 6.38. The third-order valence-electron chi connectivity index (χ3n) is 6.61. The minimum absolute atomic E-state index is 0.0296. The van der Waals surface area contributed by atoms with Crippen LogP contribution < -0.4 is 5.32 Å². The summed E-state index contributed by atoms with van der Waals surface area (Å²) in [6.07, 6.45) is -0.903. The number of hydrogen-bond acceptors (Lipinski definition) is 3. The zero-order valence-corrected chi connectivity index (χ0v) is 19.2. The maximum absolute atomic E-state index is 13.6. The van der Waals surface area contributed by atoms with E-state index in [1.807, 2.05) is 44.4 Å². The molecule has 3 aromatic rings. The third kappa shape index (κ3) is 4.57. The molecule has 1 unspecified atom stereocenters. The van der Waals surface area contributed by atoms with Gasteiger partial charge in [0.25, 0.3) is 5.91 Å². The van der Waals surface area contributed by atoms with Gasteiger partial charge in [-0.3, -0.25) is 4.79 Å². The Labute approximate surface area is 195 Å². The molecule has 0 radical (unpaired) electrons. The number of amides is 1. The molecule has 4 nitrogen and oxygen atoms in total. The average molecular weight is 476 g/mol. The van der Waals surface area contributed by atoms with Gasteiger partial charge in [0.2, 0.25) is 0 Å². The Bertz CT molecular complexity index is 1160. The van der Waals surface area contributed by atoms with Gasteiger partial charge in [0, 0.05) is 15.9 Å². The van der Waals surface area contributed by atoms with E-state index in [9.17, 15) is 18.0 Å². The molecule has 1 heterocycles. The number of pyridine rings is 1. The smallest absolute Gasteiger partial charge is 0.343 e. The number of alkyl halides is 3. The van der Waals surface area contributed by atoms with Crippen molar-refractivity contribution in [2.75, 3.05) is 14.1 Å². The number of aromatic nitrogens is 1. The summed E-state index contributed by atoms with van der Waals surface area (Å²) in [6, 6.07) is 14.4. The lowest BCUT2D eigenvalue weighted by Crippen LogP contribution is -2.53. The molecule has 0 saturated heterocycles. The molecule has 1 aromatic heterocycles. The molecular weight excluding hydrogens is 451 g/mol. The zero-order chi connectivity index (χ0) is 23.8. The van der Waals surface area contributed by atoms with E-state index in [1.54, 1.807) is 6.07 Å². The fourth-order valence-electron chi connectivity index (χ4n) is 4.90. The lowest BCUT2D eigenvalue weighted by molar-refractivity contribution is -0.140. The van der Waals surface area contributed by atoms with Crippen molar-refractivity contribution in [1.29, 1.82) is 0 Å². The highest BCUT2D eigenvalue weighted by molar-refractivity contribution is 6.31. The molecule has 0 spiro atoms. The van der Waals surface area contributed by atoms with Gasteiger partial charge in [-0.05, 0) is 50.7 Å². The van der Waals surface area contributed by atoms with E-state index in [2.05, 4.69) is 15.2 Å². The van der Waals surface area contributed by atoms with Crippen molar-refractivity contribution in [2.24, 2.45) is 0 Å². The number of carbonyl (C=O) groups excluding carboxylic acids is 1. The number of hydrogen-bond donors (Lipinski definition) is 1. The van der Waals surface area contributed by atoms with E-state index in [0.717, 1.165) is 37.3 Å². The van der Waals surface area contributed by atoms with Gasteiger partial charge in [0.05, 0.1) is 17.1 Å². The number of fused-ring (bicyclic) bond motifs is 1. The fraction of sp³-hybridized carbons (Fsp3) is 0.360. The van der Waals surface area contributed by atoms with Crippen LogP contribution >= 0.6 is 11.6 Å². The molecule has 2 aromatic carbocycles. The molecule has 174 valence electrons. The lowest BCUT2D eigenvalue weighted by atomic mass is 9.82. The summed E-state index contributed by atoms with van der Waals surface area (Å²) >= 11 is 5.99. The molecule has 1 N–H and O–H groups in total. The van der Waals surface area contributed by atoms with Gasteiger partial charge >= 0.3 is 6.18 Å². The first-order chi connectivity index (χ1) is 15.6. The van der Waals surface area contributed by atoms with E-state index in [4.69, 9.17) is 11.6 Å². The van der Waals surface area contributed by atoms with Gasteiger partial charge in [-0.15, -0.1) is 0 Å². The summed E-state index contributed by atoms with van der Waals surface area (Å²) in [7, 11) is 3.97. The lowest BCUT2D eigenvalue weighted by Gasteiger charge is -2.44. The molecule has 1 saturated carbocycles. The maximum Gasteiger partial charge on any atom is 0.433 e. The SMILES string of the molecule is CN(C)C1(C(NC(=O)c2cc(C(F)(F)F)nc3cc(Cl)ccc23)c2ccccc2)CCCC1. The largest absolute Gasteiger partial charge is 0.433 e. The normalized spacial score (nSPS) is 16.8. The quantitative estimate of drug-likeness (QED) is 0.474. The summed E-state index contributed by atoms with van der Waals surface area (Å²) in [4.78, 5) is 19.4. The Morgan fingerprint density at radius 2 is 1.76 bits per heavy atom. The number of rotatable bonds is 5. The second-order valence-electron chi connectivity index (χ2n) is 8.74. The molecule has 0 aliphatic heterocycles. The Balaban J connectivity index is 1.82. The van der Waals surface area contributed by atoms with Crippen LogP contribution in [0.25, 0.3) is 10.9 Å². The first-order valence-electron chi connectivity index (χ1n) is 10.8. The van der Waals surface area contributed by atoms with Gasteiger partial charge in [0.15, 0.2) is 0 Å². The Morgan fingerprint density at radius 3 is 2.36 bits per heavy atom. The highest BCUT2D eigenvalue weighted by atomic mass is 35.5. The Morgan fingerprint density at radius 1 is 1.09 bits per heavy atom. The van der Waals surface area contributed by atoms with Gasteiger partial charge in [0.1, 0.15) is 5.69 Å². The number of benzene rings is 2. The average Bonchev–Trinajstić information content (AvgIpc) is 3.27. The van der Waals surface area contributed by atoms with Crippen LogP contribution in [0.3, 0.4) is 0 Å². The van der Waals surface area contributed by atoms with E-state index >= 15 is 0 Å². The summed E-state index contributed by atoms with van der Waals surface area (Å²) in [5, 5.41) is 3.66. The highest BCUT2D eigenvalue weighted by Crippen LogP contribution is 2.44. The predicted molar refractivity (Wildman–Crippen MR) is 123 cm³/mol. The molecule has 1 fully saturated rings. The van der Waals surface area contributed by atoms with E-state index in [1.165, 1.54) is 12.1 Å². The number of nitrogens with zero attached hydrogens (tertiary/aromatic N) is 2. The molecule has 1 aliphatic carbocycles. The van der Waals surface area contributed by atoms with Crippen LogP contribution in [-0.2, 0) is 6.18 Å². The highest BCUT2D eigenvalue weighted by Gasteiger charge is 2.45. The molecule has 1 amide bonds. The first-order valence-corrected chi connectivity index (χ1v) is 11.2. The van der Waals surface area contributed by atoms with Crippen LogP contribution in [-0.4, -0.2) is 35.4 Å². The summed E-state index contributed by atoms with van der Waals surface area (Å²) in [5.41, 5.74) is -0.588. The van der Waals surface area contributed by atoms with Crippen molar-refractivity contribution in [3.63, 3.8) is 0 Å². The summed E-state index contributed by atoms with van der Waals surface area (Å²) < 4.78 is 40.7. The minimum atomic E-state index is -4.69. The van der Waals surface area contributed by atoms with Crippen LogP contribution in [0.1, 0.15) is 53.3 Å². The zero-order valence-electron chi connectivity index (χ0n) is 18.4. The van der Waals surface area contributed by atoms with Crippen molar-refractivity contribution in [1.82, 2.24) is 15.2 Å². The van der Waals surface area contributed by atoms with Crippen LogP contribution in [0, 0.1) is 0 Å². The van der Waals surface area contributed by atoms with Gasteiger partial charge in [-0.1, -0.05) is 60.8 Å². The minimum Gasteiger partial charge on any atom is -0.343 e. The van der Waals surface area contributed by atoms with Crippen LogP contribution in [0.15, 0.2) is 54.6 Å². The molecule has 1 aliphatic rings. The molecule has 33 heavy (non-hydrogen) atoms. The van der Waals surface area contributed by atoms with Gasteiger partial charge in [-0.25, -0.2) is 4.98 Å². The van der Waals surface area contributed by atoms with Crippen molar-refractivity contribution in [3.8, 4) is 0 Å². The second kappa shape index (κ2) is 8.95. The molecular formula is C25H25ClF3N3O. The summed E-state index contributed by atoms with van der Waals surface area (Å²) in [6.45, 7) is 0. The van der Waals surface area contributed by atoms with Crippen molar-refractivity contribution in [3.05, 3.63) is 76.4 Å². The van der Waals surface area contributed by atoms with Gasteiger partial charge in [-0.2, -0.15) is 13.2 Å². The number of likely N-dealkylation sites (N-methyl/N-ethyl adjacent to an activating group) is 1. The maximum atomic E-state index is 13.6. The second-order valence-corrected chi connectivity index (χ2v) is 9.17. The fourth-order valence-corrected chi connectivity index (χ4v) is 5.06. The summed E-state index contributed by atoms with van der Waals surface area (Å²) in [5.74, 6) is -0.572. The molecule has 0 bridgehead atoms. The van der Waals surface area contributed by atoms with Crippen molar-refractivity contribution in [2.45, 2.75) is 43.4 Å². The molecule has 8 heteroatoms. The van der Waals surface area contributed by atoms with E-state index in [0.29, 0.717) is 5.39 Å². The van der Waals surface area contributed by atoms with Crippen molar-refractivity contribution < 1.29 is 18.0 Å². The van der Waals surface area contributed by atoms with Gasteiger partial charge < -0.3 is 10.2 Å². The van der Waals surface area contributed by atoms with E-state index in [-0.39, 0.29) is 21.6 Å². The Hall–Kier alpha value is -2.64. The topological polar surface area (TPSA) is 45.2 Å². The third-order valence-corrected chi connectivity index (χ3v) is 6.85. The van der Waals surface area contributed by atoms with Crippen LogP contribution in [0.5, 0.6) is 0 Å². The standard InChI is InChI=1S/C25H25ClF3N3O/c1-32(2)24(12-6-7-13-24)22(16-8-4-3-5-9-16)31-23(33)19-15-21(25(27,28)29)30-20-14-17(26)10-11-18(19)20/h3-5,8-11,14-15,22H,6-7,12-13H2,1-2H3,(H,31,33). The van der Waals surface area contributed by atoms with Crippen LogP contribution in [0.2, 0.25) is 5.02 Å². The first kappa shape index (κ1) is 23.5. The van der Waals surface area contributed by atoms with E-state index < -0.39 is 23.8 Å². The van der Waals surface area contributed by atoms with Crippen LogP contribution in [0.4, 0.5) is 13.2 Å².